The van der Waals surface area contributed by atoms with E-state index in [1.54, 1.807) is 17.4 Å². The Hall–Kier alpha value is -0.700. The number of hydrogen-bond donors (Lipinski definition) is 1. The second-order valence-corrected chi connectivity index (χ2v) is 7.98. The van der Waals surface area contributed by atoms with Gasteiger partial charge in [0.25, 0.3) is 5.91 Å². The highest BCUT2D eigenvalue weighted by Crippen LogP contribution is 2.33. The molecule has 8 heteroatoms. The average Bonchev–Trinajstić information content (AvgIpc) is 2.88. The predicted octanol–water partition coefficient (Wildman–Crippen LogP) is 3.58. The van der Waals surface area contributed by atoms with Gasteiger partial charge in [0.1, 0.15) is 4.32 Å². The maximum absolute atomic E-state index is 12.2. The van der Waals surface area contributed by atoms with Crippen LogP contribution in [0, 0.1) is 0 Å². The monoisotopic (exact) mass is 391 g/mol. The summed E-state index contributed by atoms with van der Waals surface area (Å²) < 4.78 is 1.49. The first-order chi connectivity index (χ1) is 9.47. The van der Waals surface area contributed by atoms with Crippen LogP contribution in [-0.4, -0.2) is 32.7 Å². The normalized spacial score (nSPS) is 17.2. The second kappa shape index (κ2) is 6.84. The van der Waals surface area contributed by atoms with Crippen molar-refractivity contribution in [1.29, 1.82) is 0 Å². The first-order valence-corrected chi connectivity index (χ1v) is 8.58. The number of aliphatic carboxylic acids is 1. The van der Waals surface area contributed by atoms with E-state index in [-0.39, 0.29) is 12.3 Å². The molecule has 1 amide bonds. The number of carboxylic acids is 1. The molecule has 2 rings (SSSR count). The van der Waals surface area contributed by atoms with Crippen molar-refractivity contribution >= 4 is 73.5 Å². The van der Waals surface area contributed by atoms with E-state index >= 15 is 0 Å². The van der Waals surface area contributed by atoms with Crippen molar-refractivity contribution in [3.8, 4) is 0 Å². The van der Waals surface area contributed by atoms with E-state index in [2.05, 4.69) is 15.9 Å². The first kappa shape index (κ1) is 15.7. The topological polar surface area (TPSA) is 57.6 Å². The third-order valence-electron chi connectivity index (χ3n) is 2.53. The molecule has 1 aliphatic heterocycles. The van der Waals surface area contributed by atoms with Crippen LogP contribution in [-0.2, 0) is 9.59 Å². The highest BCUT2D eigenvalue weighted by Gasteiger charge is 2.31. The van der Waals surface area contributed by atoms with Crippen molar-refractivity contribution in [3.63, 3.8) is 0 Å². The maximum Gasteiger partial charge on any atom is 0.303 e. The zero-order valence-electron chi connectivity index (χ0n) is 10.2. The zero-order chi connectivity index (χ0) is 14.7. The quantitative estimate of drug-likeness (QED) is 0.613. The third-order valence-corrected chi connectivity index (χ3v) is 5.43. The average molecular weight is 392 g/mol. The summed E-state index contributed by atoms with van der Waals surface area (Å²) in [6.45, 7) is 0.349. The van der Waals surface area contributed by atoms with E-state index < -0.39 is 5.97 Å². The molecule has 1 aromatic heterocycles. The Kier molecular flexibility index (Phi) is 5.36. The first-order valence-electron chi connectivity index (χ1n) is 5.68. The zero-order valence-corrected chi connectivity index (χ0v) is 14.2. The van der Waals surface area contributed by atoms with Crippen LogP contribution in [0.2, 0.25) is 0 Å². The van der Waals surface area contributed by atoms with E-state index in [9.17, 15) is 9.59 Å². The SMILES string of the molecule is O=C(O)CCCN1C(=O)/C(=C/c2csc(Br)c2)SC1=S. The van der Waals surface area contributed by atoms with Crippen LogP contribution in [0.15, 0.2) is 20.1 Å². The van der Waals surface area contributed by atoms with Gasteiger partial charge in [0, 0.05) is 13.0 Å². The van der Waals surface area contributed by atoms with Gasteiger partial charge in [-0.2, -0.15) is 0 Å². The summed E-state index contributed by atoms with van der Waals surface area (Å²) in [6.07, 6.45) is 2.24. The number of nitrogens with zero attached hydrogens (tertiary/aromatic N) is 1. The van der Waals surface area contributed by atoms with Crippen LogP contribution < -0.4 is 0 Å². The lowest BCUT2D eigenvalue weighted by molar-refractivity contribution is -0.137. The minimum absolute atomic E-state index is 0.0353. The van der Waals surface area contributed by atoms with Crippen LogP contribution in [0.5, 0.6) is 0 Å². The fourth-order valence-electron chi connectivity index (χ4n) is 1.63. The number of thioether (sulfide) groups is 1. The summed E-state index contributed by atoms with van der Waals surface area (Å²) in [5.41, 5.74) is 0.952. The van der Waals surface area contributed by atoms with E-state index in [4.69, 9.17) is 17.3 Å². The number of rotatable bonds is 5. The molecule has 0 atom stereocenters. The largest absolute Gasteiger partial charge is 0.481 e. The van der Waals surface area contributed by atoms with Gasteiger partial charge in [-0.3, -0.25) is 14.5 Å². The van der Waals surface area contributed by atoms with Crippen molar-refractivity contribution in [2.45, 2.75) is 12.8 Å². The minimum atomic E-state index is -0.867. The lowest BCUT2D eigenvalue weighted by atomic mass is 10.2. The van der Waals surface area contributed by atoms with Crippen LogP contribution in [0.1, 0.15) is 18.4 Å². The van der Waals surface area contributed by atoms with Crippen molar-refractivity contribution in [2.75, 3.05) is 6.54 Å². The summed E-state index contributed by atoms with van der Waals surface area (Å²) in [4.78, 5) is 24.7. The van der Waals surface area contributed by atoms with Gasteiger partial charge < -0.3 is 5.11 Å². The number of amides is 1. The standard InChI is InChI=1S/C12H10BrNO3S3/c13-9-5-7(6-19-9)4-8-11(17)14(12(18)20-8)3-1-2-10(15)16/h4-6H,1-3H2,(H,15,16)/b8-4-. The van der Waals surface area contributed by atoms with E-state index in [1.165, 1.54) is 16.7 Å². The number of halogens is 1. The van der Waals surface area contributed by atoms with E-state index in [0.717, 1.165) is 9.35 Å². The number of carboxylic acid groups (broad SMARTS) is 1. The number of hydrogen-bond acceptors (Lipinski definition) is 5. The third kappa shape index (κ3) is 3.91. The predicted molar refractivity (Wildman–Crippen MR) is 88.8 cm³/mol. The molecule has 1 aromatic rings. The molecule has 1 aliphatic rings. The fourth-order valence-corrected chi connectivity index (χ4v) is 4.07. The molecule has 106 valence electrons. The highest BCUT2D eigenvalue weighted by molar-refractivity contribution is 9.11. The summed E-state index contributed by atoms with van der Waals surface area (Å²) >= 11 is 11.3. The van der Waals surface area contributed by atoms with Gasteiger partial charge in [-0.1, -0.05) is 24.0 Å². The maximum atomic E-state index is 12.2. The van der Waals surface area contributed by atoms with Gasteiger partial charge in [-0.05, 0) is 45.4 Å². The van der Waals surface area contributed by atoms with Crippen molar-refractivity contribution in [3.05, 3.63) is 25.7 Å². The van der Waals surface area contributed by atoms with Gasteiger partial charge in [-0.25, -0.2) is 0 Å². The van der Waals surface area contributed by atoms with E-state index in [0.29, 0.717) is 22.2 Å². The minimum Gasteiger partial charge on any atom is -0.481 e. The molecule has 20 heavy (non-hydrogen) atoms. The summed E-state index contributed by atoms with van der Waals surface area (Å²) in [6, 6.07) is 1.93. The molecule has 0 unspecified atom stereocenters. The van der Waals surface area contributed by atoms with E-state index in [1.807, 2.05) is 11.4 Å². The van der Waals surface area contributed by atoms with Gasteiger partial charge in [0.15, 0.2) is 0 Å². The molecule has 0 spiro atoms. The molecule has 1 N–H and O–H groups in total. The Morgan fingerprint density at radius 1 is 1.55 bits per heavy atom. The summed E-state index contributed by atoms with van der Waals surface area (Å²) in [5.74, 6) is -1.01. The Morgan fingerprint density at radius 3 is 2.90 bits per heavy atom. The summed E-state index contributed by atoms with van der Waals surface area (Å²) in [7, 11) is 0. The Bertz CT molecular complexity index is 597. The molecule has 0 bridgehead atoms. The van der Waals surface area contributed by atoms with Crippen LogP contribution >= 0.6 is 51.2 Å². The Balaban J connectivity index is 2.04. The van der Waals surface area contributed by atoms with Crippen LogP contribution in [0.25, 0.3) is 6.08 Å². The van der Waals surface area contributed by atoms with Crippen molar-refractivity contribution < 1.29 is 14.7 Å². The van der Waals surface area contributed by atoms with Crippen LogP contribution in [0.4, 0.5) is 0 Å². The number of carbonyl (C=O) groups is 2. The van der Waals surface area contributed by atoms with Gasteiger partial charge in [0.05, 0.1) is 8.69 Å². The van der Waals surface area contributed by atoms with Crippen molar-refractivity contribution in [2.24, 2.45) is 0 Å². The van der Waals surface area contributed by atoms with Gasteiger partial charge >= 0.3 is 5.97 Å². The molecule has 1 saturated heterocycles. The molecule has 0 radical (unpaired) electrons. The van der Waals surface area contributed by atoms with Gasteiger partial charge in [0.2, 0.25) is 0 Å². The number of carbonyl (C=O) groups excluding carboxylic acids is 1. The molecule has 0 aliphatic carbocycles. The fraction of sp³-hybridized carbons (Fsp3) is 0.250. The highest BCUT2D eigenvalue weighted by atomic mass is 79.9. The molecule has 2 heterocycles. The molecule has 1 fully saturated rings. The van der Waals surface area contributed by atoms with Gasteiger partial charge in [-0.15, -0.1) is 11.3 Å². The Morgan fingerprint density at radius 2 is 2.30 bits per heavy atom. The molecule has 4 nitrogen and oxygen atoms in total. The van der Waals surface area contributed by atoms with Crippen molar-refractivity contribution in [1.82, 2.24) is 4.90 Å². The smallest absolute Gasteiger partial charge is 0.303 e. The number of thiophene rings is 1. The lowest BCUT2D eigenvalue weighted by Gasteiger charge is -2.13. The second-order valence-electron chi connectivity index (χ2n) is 4.01. The molecule has 0 saturated carbocycles. The number of thiocarbonyl (C=S) groups is 1. The lowest BCUT2D eigenvalue weighted by Crippen LogP contribution is -2.29. The Labute approximate surface area is 138 Å². The molecular weight excluding hydrogens is 382 g/mol. The molecular formula is C12H10BrNO3S3. The van der Waals surface area contributed by atoms with Crippen LogP contribution in [0.3, 0.4) is 0 Å². The molecule has 0 aromatic carbocycles. The summed E-state index contributed by atoms with van der Waals surface area (Å²) in [5, 5.41) is 10.6.